The minimum Gasteiger partial charge on any atom is -0.369 e. The molecule has 1 atom stereocenters. The molecule has 0 bridgehead atoms. The number of hydrogen-bond donors (Lipinski definition) is 1. The SMILES string of the molecule is CC(CNc1nccc2ccccc12)C1CC1. The molecular weight excluding hydrogens is 208 g/mol. The van der Waals surface area contributed by atoms with E-state index in [-0.39, 0.29) is 0 Å². The Morgan fingerprint density at radius 2 is 2.12 bits per heavy atom. The monoisotopic (exact) mass is 226 g/mol. The molecule has 2 heteroatoms. The number of benzene rings is 1. The Kier molecular flexibility index (Phi) is 2.71. The van der Waals surface area contributed by atoms with Gasteiger partial charge in [0.15, 0.2) is 0 Å². The fraction of sp³-hybridized carbons (Fsp3) is 0.400. The molecule has 1 fully saturated rings. The highest BCUT2D eigenvalue weighted by atomic mass is 15.0. The molecule has 88 valence electrons. The summed E-state index contributed by atoms with van der Waals surface area (Å²) in [5.74, 6) is 2.73. The van der Waals surface area contributed by atoms with Gasteiger partial charge in [-0.3, -0.25) is 0 Å². The van der Waals surface area contributed by atoms with Crippen molar-refractivity contribution in [3.05, 3.63) is 36.5 Å². The van der Waals surface area contributed by atoms with Crippen molar-refractivity contribution in [2.24, 2.45) is 11.8 Å². The number of hydrogen-bond acceptors (Lipinski definition) is 2. The second-order valence-electron chi connectivity index (χ2n) is 5.08. The molecule has 0 radical (unpaired) electrons. The topological polar surface area (TPSA) is 24.9 Å². The molecule has 1 N–H and O–H groups in total. The molecule has 0 aliphatic heterocycles. The predicted octanol–water partition coefficient (Wildman–Crippen LogP) is 3.69. The summed E-state index contributed by atoms with van der Waals surface area (Å²) in [7, 11) is 0. The summed E-state index contributed by atoms with van der Waals surface area (Å²) in [4.78, 5) is 4.45. The molecule has 2 nitrogen and oxygen atoms in total. The van der Waals surface area contributed by atoms with Crippen molar-refractivity contribution in [3.63, 3.8) is 0 Å². The van der Waals surface area contributed by atoms with Crippen molar-refractivity contribution in [2.45, 2.75) is 19.8 Å². The lowest BCUT2D eigenvalue weighted by Gasteiger charge is -2.13. The van der Waals surface area contributed by atoms with Gasteiger partial charge in [0.05, 0.1) is 0 Å². The van der Waals surface area contributed by atoms with Crippen LogP contribution in [0.2, 0.25) is 0 Å². The van der Waals surface area contributed by atoms with Gasteiger partial charge in [0.25, 0.3) is 0 Å². The van der Waals surface area contributed by atoms with Gasteiger partial charge in [0, 0.05) is 18.1 Å². The maximum atomic E-state index is 4.45. The van der Waals surface area contributed by atoms with E-state index in [1.165, 1.54) is 23.6 Å². The summed E-state index contributed by atoms with van der Waals surface area (Å²) in [5, 5.41) is 5.97. The molecule has 1 aliphatic rings. The summed E-state index contributed by atoms with van der Waals surface area (Å²) in [5.41, 5.74) is 0. The molecule has 0 spiro atoms. The van der Waals surface area contributed by atoms with E-state index in [0.717, 1.165) is 24.2 Å². The zero-order valence-electron chi connectivity index (χ0n) is 10.2. The van der Waals surface area contributed by atoms with E-state index in [9.17, 15) is 0 Å². The standard InChI is InChI=1S/C15H18N2/c1-11(12-6-7-12)10-17-15-14-5-3-2-4-13(14)8-9-16-15/h2-5,8-9,11-12H,6-7,10H2,1H3,(H,16,17). The van der Waals surface area contributed by atoms with Gasteiger partial charge in [-0.15, -0.1) is 0 Å². The van der Waals surface area contributed by atoms with Crippen molar-refractivity contribution in [1.82, 2.24) is 4.98 Å². The molecule has 1 saturated carbocycles. The van der Waals surface area contributed by atoms with Crippen LogP contribution in [0.25, 0.3) is 10.8 Å². The van der Waals surface area contributed by atoms with Gasteiger partial charge < -0.3 is 5.32 Å². The van der Waals surface area contributed by atoms with Crippen LogP contribution in [0, 0.1) is 11.8 Å². The number of anilines is 1. The number of pyridine rings is 1. The predicted molar refractivity (Wildman–Crippen MR) is 72.1 cm³/mol. The van der Waals surface area contributed by atoms with Crippen molar-refractivity contribution in [3.8, 4) is 0 Å². The molecule has 1 aromatic carbocycles. The molecule has 1 unspecified atom stereocenters. The van der Waals surface area contributed by atoms with Crippen molar-refractivity contribution >= 4 is 16.6 Å². The van der Waals surface area contributed by atoms with Gasteiger partial charge in [-0.25, -0.2) is 4.98 Å². The maximum absolute atomic E-state index is 4.45. The molecule has 1 aromatic heterocycles. The van der Waals surface area contributed by atoms with Crippen LogP contribution in [0.15, 0.2) is 36.5 Å². The highest BCUT2D eigenvalue weighted by Crippen LogP contribution is 2.36. The van der Waals surface area contributed by atoms with Gasteiger partial charge in [-0.1, -0.05) is 31.2 Å². The Morgan fingerprint density at radius 3 is 2.94 bits per heavy atom. The normalized spacial score (nSPS) is 17.0. The summed E-state index contributed by atoms with van der Waals surface area (Å²) in [6, 6.07) is 10.5. The first-order chi connectivity index (χ1) is 8.34. The smallest absolute Gasteiger partial charge is 0.133 e. The summed E-state index contributed by atoms with van der Waals surface area (Å²) >= 11 is 0. The minimum absolute atomic E-state index is 0.760. The first-order valence-electron chi connectivity index (χ1n) is 6.42. The molecule has 2 aromatic rings. The van der Waals surface area contributed by atoms with E-state index in [0.29, 0.717) is 0 Å². The number of nitrogens with zero attached hydrogens (tertiary/aromatic N) is 1. The molecular formula is C15H18N2. The Bertz CT molecular complexity index is 512. The molecule has 17 heavy (non-hydrogen) atoms. The number of aromatic nitrogens is 1. The number of rotatable bonds is 4. The summed E-state index contributed by atoms with van der Waals surface area (Å²) < 4.78 is 0. The van der Waals surface area contributed by atoms with Crippen molar-refractivity contribution in [1.29, 1.82) is 0 Å². The summed E-state index contributed by atoms with van der Waals surface area (Å²) in [6.45, 7) is 3.36. The van der Waals surface area contributed by atoms with Gasteiger partial charge in [0.2, 0.25) is 0 Å². The lowest BCUT2D eigenvalue weighted by Crippen LogP contribution is -2.13. The Labute approximate surface area is 102 Å². The van der Waals surface area contributed by atoms with Gasteiger partial charge >= 0.3 is 0 Å². The van der Waals surface area contributed by atoms with Crippen LogP contribution in [0.5, 0.6) is 0 Å². The average Bonchev–Trinajstić information content (AvgIpc) is 3.20. The average molecular weight is 226 g/mol. The van der Waals surface area contributed by atoms with E-state index in [1.54, 1.807) is 0 Å². The number of nitrogens with one attached hydrogen (secondary N) is 1. The quantitative estimate of drug-likeness (QED) is 0.860. The van der Waals surface area contributed by atoms with Crippen LogP contribution in [-0.4, -0.2) is 11.5 Å². The highest BCUT2D eigenvalue weighted by molar-refractivity contribution is 5.91. The van der Waals surface area contributed by atoms with Gasteiger partial charge in [-0.05, 0) is 36.1 Å². The Balaban J connectivity index is 1.79. The third-order valence-electron chi connectivity index (χ3n) is 3.69. The van der Waals surface area contributed by atoms with Gasteiger partial charge in [-0.2, -0.15) is 0 Å². The number of fused-ring (bicyclic) bond motifs is 1. The zero-order valence-corrected chi connectivity index (χ0v) is 10.2. The summed E-state index contributed by atoms with van der Waals surface area (Å²) in [6.07, 6.45) is 4.70. The van der Waals surface area contributed by atoms with Crippen molar-refractivity contribution in [2.75, 3.05) is 11.9 Å². The van der Waals surface area contributed by atoms with E-state index in [2.05, 4.69) is 47.6 Å². The fourth-order valence-corrected chi connectivity index (χ4v) is 2.35. The van der Waals surface area contributed by atoms with Crippen LogP contribution in [0.3, 0.4) is 0 Å². The minimum atomic E-state index is 0.760. The van der Waals surface area contributed by atoms with E-state index in [1.807, 2.05) is 6.20 Å². The van der Waals surface area contributed by atoms with E-state index >= 15 is 0 Å². The van der Waals surface area contributed by atoms with E-state index < -0.39 is 0 Å². The Hall–Kier alpha value is -1.57. The second kappa shape index (κ2) is 4.36. The maximum Gasteiger partial charge on any atom is 0.133 e. The van der Waals surface area contributed by atoms with Crippen molar-refractivity contribution < 1.29 is 0 Å². The molecule has 1 heterocycles. The van der Waals surface area contributed by atoms with Crippen LogP contribution >= 0.6 is 0 Å². The molecule has 3 rings (SSSR count). The Morgan fingerprint density at radius 1 is 1.29 bits per heavy atom. The first-order valence-corrected chi connectivity index (χ1v) is 6.42. The third-order valence-corrected chi connectivity index (χ3v) is 3.69. The van der Waals surface area contributed by atoms with Crippen LogP contribution in [0.1, 0.15) is 19.8 Å². The highest BCUT2D eigenvalue weighted by Gasteiger charge is 2.27. The van der Waals surface area contributed by atoms with Crippen LogP contribution in [0.4, 0.5) is 5.82 Å². The molecule has 1 aliphatic carbocycles. The second-order valence-corrected chi connectivity index (χ2v) is 5.08. The lowest BCUT2D eigenvalue weighted by atomic mass is 10.1. The fourth-order valence-electron chi connectivity index (χ4n) is 2.35. The third kappa shape index (κ3) is 2.26. The van der Waals surface area contributed by atoms with E-state index in [4.69, 9.17) is 0 Å². The lowest BCUT2D eigenvalue weighted by molar-refractivity contribution is 0.536. The molecule has 0 saturated heterocycles. The zero-order chi connectivity index (χ0) is 11.7. The first kappa shape index (κ1) is 10.6. The molecule has 0 amide bonds. The van der Waals surface area contributed by atoms with Crippen LogP contribution < -0.4 is 5.32 Å². The van der Waals surface area contributed by atoms with Gasteiger partial charge in [0.1, 0.15) is 5.82 Å². The van der Waals surface area contributed by atoms with Crippen LogP contribution in [-0.2, 0) is 0 Å². The largest absolute Gasteiger partial charge is 0.369 e.